The minimum absolute atomic E-state index is 0.215. The van der Waals surface area contributed by atoms with Crippen LogP contribution in [0.1, 0.15) is 35.5 Å². The zero-order valence-electron chi connectivity index (χ0n) is 14.8. The number of carbonyl (C=O) groups is 1. The first kappa shape index (κ1) is 16.9. The van der Waals surface area contributed by atoms with Gasteiger partial charge in [-0.05, 0) is 32.4 Å². The molecule has 2 aromatic rings. The van der Waals surface area contributed by atoms with Gasteiger partial charge in [0, 0.05) is 5.39 Å². The Bertz CT molecular complexity index is 750. The van der Waals surface area contributed by atoms with E-state index in [2.05, 4.69) is 13.8 Å². The van der Waals surface area contributed by atoms with Crippen LogP contribution in [0.4, 0.5) is 0 Å². The molecule has 5 heteroatoms. The van der Waals surface area contributed by atoms with E-state index in [1.165, 1.54) is 12.0 Å². The van der Waals surface area contributed by atoms with Gasteiger partial charge >= 0.3 is 5.97 Å². The molecule has 1 aromatic heterocycles. The minimum Gasteiger partial charge on any atom is -0.465 e. The van der Waals surface area contributed by atoms with Gasteiger partial charge in [0.15, 0.2) is 0 Å². The summed E-state index contributed by atoms with van der Waals surface area (Å²) in [5.74, 6) is -0.311. The van der Waals surface area contributed by atoms with Gasteiger partial charge in [0.05, 0.1) is 18.2 Å². The molecule has 128 valence electrons. The molecule has 3 rings (SSSR count). The lowest BCUT2D eigenvalue weighted by Gasteiger charge is -2.32. The average molecular weight is 329 g/mol. The molecule has 1 saturated heterocycles. The fraction of sp³-hybridized carbons (Fsp3) is 0.474. The normalized spacial score (nSPS) is 24.1. The van der Waals surface area contributed by atoms with E-state index in [1.54, 1.807) is 0 Å². The van der Waals surface area contributed by atoms with Crippen molar-refractivity contribution in [3.8, 4) is 0 Å². The van der Waals surface area contributed by atoms with Gasteiger partial charge in [-0.1, -0.05) is 18.2 Å². The lowest BCUT2D eigenvalue weighted by Crippen LogP contribution is -3.14. The van der Waals surface area contributed by atoms with E-state index in [0.717, 1.165) is 35.2 Å². The Labute approximate surface area is 142 Å². The molecule has 24 heavy (non-hydrogen) atoms. The summed E-state index contributed by atoms with van der Waals surface area (Å²) in [5, 5.41) is 1.00. The molecule has 0 saturated carbocycles. The van der Waals surface area contributed by atoms with Crippen LogP contribution in [-0.4, -0.2) is 43.4 Å². The van der Waals surface area contributed by atoms with Crippen molar-refractivity contribution in [2.45, 2.75) is 39.5 Å². The number of pyridine rings is 1. The zero-order valence-corrected chi connectivity index (χ0v) is 14.8. The summed E-state index contributed by atoms with van der Waals surface area (Å²) in [6, 6.07) is 7.93. The van der Waals surface area contributed by atoms with Crippen molar-refractivity contribution >= 4 is 16.9 Å². The van der Waals surface area contributed by atoms with Crippen molar-refractivity contribution in [3.63, 3.8) is 0 Å². The van der Waals surface area contributed by atoms with E-state index >= 15 is 0 Å². The number of nitrogens with one attached hydrogen (secondary N) is 1. The Morgan fingerprint density at radius 3 is 2.62 bits per heavy atom. The Balaban J connectivity index is 2.03. The van der Waals surface area contributed by atoms with E-state index in [1.807, 2.05) is 31.2 Å². The summed E-state index contributed by atoms with van der Waals surface area (Å²) in [7, 11) is 1.42. The number of nitrogens with zero attached hydrogens (tertiary/aromatic N) is 1. The number of morpholine rings is 1. The van der Waals surface area contributed by atoms with E-state index in [9.17, 15) is 4.79 Å². The third-order valence-electron chi connectivity index (χ3n) is 4.65. The molecule has 0 amide bonds. The maximum atomic E-state index is 12.4. The van der Waals surface area contributed by atoms with Crippen LogP contribution in [0.3, 0.4) is 0 Å². The molecule has 0 unspecified atom stereocenters. The van der Waals surface area contributed by atoms with Gasteiger partial charge in [0.25, 0.3) is 0 Å². The second-order valence-corrected chi connectivity index (χ2v) is 6.66. The molecule has 0 radical (unpaired) electrons. The third-order valence-corrected chi connectivity index (χ3v) is 4.65. The number of para-hydroxylation sites is 1. The molecule has 5 nitrogen and oxygen atoms in total. The Hall–Kier alpha value is -1.98. The Morgan fingerprint density at radius 2 is 1.96 bits per heavy atom. The van der Waals surface area contributed by atoms with Crippen molar-refractivity contribution in [1.82, 2.24) is 4.98 Å². The number of fused-ring (bicyclic) bond motifs is 1. The van der Waals surface area contributed by atoms with Crippen molar-refractivity contribution in [3.05, 3.63) is 41.1 Å². The molecule has 0 aliphatic carbocycles. The first-order chi connectivity index (χ1) is 11.5. The summed E-state index contributed by atoms with van der Waals surface area (Å²) in [4.78, 5) is 18.5. The Kier molecular flexibility index (Phi) is 4.83. The number of carbonyl (C=O) groups excluding carboxylic acids is 1. The van der Waals surface area contributed by atoms with Crippen LogP contribution in [0, 0.1) is 6.92 Å². The highest BCUT2D eigenvalue weighted by molar-refractivity contribution is 5.98. The zero-order chi connectivity index (χ0) is 17.3. The highest BCUT2D eigenvalue weighted by atomic mass is 16.5. The number of hydrogen-bond donors (Lipinski definition) is 1. The summed E-state index contributed by atoms with van der Waals surface area (Å²) in [6.45, 7) is 8.69. The number of rotatable bonds is 3. The second-order valence-electron chi connectivity index (χ2n) is 6.66. The number of benzene rings is 1. The minimum atomic E-state index is -0.311. The summed E-state index contributed by atoms with van der Waals surface area (Å²) < 4.78 is 10.8. The SMILES string of the molecule is COC(=O)c1c(C[NH+]2C[C@@H](C)O[C@H](C)C2)nc2ccccc2c1C. The summed E-state index contributed by atoms with van der Waals surface area (Å²) in [5.41, 5.74) is 3.28. The first-order valence-corrected chi connectivity index (χ1v) is 8.45. The van der Waals surface area contributed by atoms with E-state index in [4.69, 9.17) is 14.5 Å². The van der Waals surface area contributed by atoms with Gasteiger partial charge in [-0.2, -0.15) is 0 Å². The smallest absolute Gasteiger partial charge is 0.340 e. The molecular formula is C19H25N2O3+. The van der Waals surface area contributed by atoms with Gasteiger partial charge in [-0.25, -0.2) is 9.78 Å². The van der Waals surface area contributed by atoms with Crippen molar-refractivity contribution in [2.24, 2.45) is 0 Å². The third kappa shape index (κ3) is 3.28. The van der Waals surface area contributed by atoms with Crippen molar-refractivity contribution in [2.75, 3.05) is 20.2 Å². The molecule has 1 aliphatic rings. The predicted molar refractivity (Wildman–Crippen MR) is 92.2 cm³/mol. The number of aromatic nitrogens is 1. The molecular weight excluding hydrogens is 304 g/mol. The van der Waals surface area contributed by atoms with Crippen LogP contribution in [0.5, 0.6) is 0 Å². The van der Waals surface area contributed by atoms with Crippen LogP contribution >= 0.6 is 0 Å². The number of quaternary nitrogens is 1. The number of ether oxygens (including phenoxy) is 2. The van der Waals surface area contributed by atoms with Gasteiger partial charge in [-0.15, -0.1) is 0 Å². The molecule has 1 aliphatic heterocycles. The fourth-order valence-corrected chi connectivity index (χ4v) is 3.71. The number of methoxy groups -OCH3 is 1. The van der Waals surface area contributed by atoms with Crippen LogP contribution in [-0.2, 0) is 16.0 Å². The van der Waals surface area contributed by atoms with Gasteiger partial charge in [0.1, 0.15) is 37.5 Å². The Morgan fingerprint density at radius 1 is 1.29 bits per heavy atom. The predicted octanol–water partition coefficient (Wildman–Crippen LogP) is 1.52. The molecule has 1 aromatic carbocycles. The van der Waals surface area contributed by atoms with E-state index in [-0.39, 0.29) is 18.2 Å². The molecule has 0 spiro atoms. The average Bonchev–Trinajstić information content (AvgIpc) is 2.53. The maximum Gasteiger partial charge on any atom is 0.340 e. The monoisotopic (exact) mass is 329 g/mol. The van der Waals surface area contributed by atoms with Gasteiger partial charge in [0.2, 0.25) is 0 Å². The highest BCUT2D eigenvalue weighted by Gasteiger charge is 2.28. The number of esters is 1. The molecule has 1 N–H and O–H groups in total. The second kappa shape index (κ2) is 6.87. The van der Waals surface area contributed by atoms with Crippen molar-refractivity contribution in [1.29, 1.82) is 0 Å². The lowest BCUT2D eigenvalue weighted by molar-refractivity contribution is -0.928. The van der Waals surface area contributed by atoms with Crippen molar-refractivity contribution < 1.29 is 19.2 Å². The molecule has 0 bridgehead atoms. The lowest BCUT2D eigenvalue weighted by atomic mass is 10.0. The number of hydrogen-bond acceptors (Lipinski definition) is 4. The molecule has 2 heterocycles. The fourth-order valence-electron chi connectivity index (χ4n) is 3.71. The molecule has 1 fully saturated rings. The number of aryl methyl sites for hydroxylation is 1. The van der Waals surface area contributed by atoms with Crippen LogP contribution in [0.15, 0.2) is 24.3 Å². The highest BCUT2D eigenvalue weighted by Crippen LogP contribution is 2.23. The summed E-state index contributed by atoms with van der Waals surface area (Å²) >= 11 is 0. The largest absolute Gasteiger partial charge is 0.465 e. The van der Waals surface area contributed by atoms with Crippen LogP contribution < -0.4 is 4.90 Å². The van der Waals surface area contributed by atoms with Gasteiger partial charge < -0.3 is 14.4 Å². The maximum absolute atomic E-state index is 12.4. The van der Waals surface area contributed by atoms with Crippen LogP contribution in [0.25, 0.3) is 10.9 Å². The topological polar surface area (TPSA) is 52.9 Å². The van der Waals surface area contributed by atoms with E-state index in [0.29, 0.717) is 12.1 Å². The van der Waals surface area contributed by atoms with Gasteiger partial charge in [-0.3, -0.25) is 0 Å². The summed E-state index contributed by atoms with van der Waals surface area (Å²) in [6.07, 6.45) is 0.429. The quantitative estimate of drug-likeness (QED) is 0.868. The first-order valence-electron chi connectivity index (χ1n) is 8.45. The van der Waals surface area contributed by atoms with E-state index < -0.39 is 0 Å². The standard InChI is InChI=1S/C19H24N2O3/c1-12-9-21(10-13(2)24-12)11-17-18(19(22)23-4)14(3)15-7-5-6-8-16(15)20-17/h5-8,12-13H,9-11H2,1-4H3/p+1/t12-,13-/m1/s1. The van der Waals surface area contributed by atoms with Crippen LogP contribution in [0.2, 0.25) is 0 Å². The molecule has 2 atom stereocenters.